The summed E-state index contributed by atoms with van der Waals surface area (Å²) >= 11 is 0. The Morgan fingerprint density at radius 3 is 2.48 bits per heavy atom. The first-order valence-corrected chi connectivity index (χ1v) is 10.6. The Morgan fingerprint density at radius 1 is 1.03 bits per heavy atom. The maximum atomic E-state index is 12.9. The molecule has 3 rings (SSSR count). The number of ether oxygens (including phenoxy) is 2. The molecule has 0 aromatic heterocycles. The van der Waals surface area contributed by atoms with Crippen molar-refractivity contribution in [3.05, 3.63) is 59.2 Å². The molecule has 2 amide bonds. The number of carbonyl (C=O) groups is 3. The summed E-state index contributed by atoms with van der Waals surface area (Å²) in [7, 11) is 0. The Morgan fingerprint density at radius 2 is 1.77 bits per heavy atom. The fourth-order valence-corrected chi connectivity index (χ4v) is 3.59. The zero-order chi connectivity index (χ0) is 22.2. The van der Waals surface area contributed by atoms with Gasteiger partial charge in [0, 0.05) is 28.8 Å². The van der Waals surface area contributed by atoms with Gasteiger partial charge in [-0.3, -0.25) is 14.4 Å². The number of anilines is 1. The van der Waals surface area contributed by atoms with Gasteiger partial charge in [-0.05, 0) is 56.2 Å². The van der Waals surface area contributed by atoms with E-state index in [2.05, 4.69) is 0 Å². The highest BCUT2D eigenvalue weighted by atomic mass is 16.5. The molecule has 31 heavy (non-hydrogen) atoms. The van der Waals surface area contributed by atoms with Crippen molar-refractivity contribution in [2.24, 2.45) is 5.73 Å². The lowest BCUT2D eigenvalue weighted by atomic mass is 10.1. The van der Waals surface area contributed by atoms with Crippen LogP contribution in [0.2, 0.25) is 0 Å². The summed E-state index contributed by atoms with van der Waals surface area (Å²) in [5, 5.41) is 0. The van der Waals surface area contributed by atoms with Crippen LogP contribution < -0.4 is 15.4 Å². The molecule has 0 saturated heterocycles. The van der Waals surface area contributed by atoms with Gasteiger partial charge >= 0.3 is 5.97 Å². The van der Waals surface area contributed by atoms with Crippen molar-refractivity contribution < 1.29 is 23.9 Å². The molecule has 0 aliphatic carbocycles. The van der Waals surface area contributed by atoms with Gasteiger partial charge in [0.05, 0.1) is 19.8 Å². The van der Waals surface area contributed by atoms with Crippen LogP contribution in [0.4, 0.5) is 5.69 Å². The van der Waals surface area contributed by atoms with Crippen molar-refractivity contribution in [2.45, 2.75) is 45.6 Å². The topological polar surface area (TPSA) is 98.9 Å². The summed E-state index contributed by atoms with van der Waals surface area (Å²) in [6, 6.07) is 12.2. The molecule has 164 valence electrons. The number of primary amides is 1. The normalized spacial score (nSPS) is 12.5. The molecule has 7 heteroatoms. The van der Waals surface area contributed by atoms with Gasteiger partial charge in [0.1, 0.15) is 5.75 Å². The van der Waals surface area contributed by atoms with E-state index in [1.54, 1.807) is 35.2 Å². The molecule has 0 fully saturated rings. The summed E-state index contributed by atoms with van der Waals surface area (Å²) in [5.74, 6) is -0.0175. The van der Waals surface area contributed by atoms with Crippen LogP contribution in [0.5, 0.6) is 5.75 Å². The van der Waals surface area contributed by atoms with Crippen molar-refractivity contribution in [1.29, 1.82) is 0 Å². The van der Waals surface area contributed by atoms with E-state index in [0.717, 1.165) is 31.2 Å². The quantitative estimate of drug-likeness (QED) is 0.436. The molecule has 2 aromatic carbocycles. The van der Waals surface area contributed by atoms with Gasteiger partial charge in [-0.15, -0.1) is 0 Å². The van der Waals surface area contributed by atoms with Gasteiger partial charge in [-0.1, -0.05) is 18.9 Å². The first-order valence-electron chi connectivity index (χ1n) is 10.6. The fraction of sp³-hybridized carbons (Fsp3) is 0.375. The third-order valence-corrected chi connectivity index (χ3v) is 5.23. The molecular weight excluding hydrogens is 396 g/mol. The van der Waals surface area contributed by atoms with Gasteiger partial charge in [0.25, 0.3) is 5.91 Å². The molecule has 1 heterocycles. The third kappa shape index (κ3) is 5.63. The minimum Gasteiger partial charge on any atom is -0.493 e. The van der Waals surface area contributed by atoms with Crippen molar-refractivity contribution >= 4 is 23.5 Å². The van der Waals surface area contributed by atoms with E-state index in [1.165, 1.54) is 0 Å². The second-order valence-electron chi connectivity index (χ2n) is 7.40. The molecule has 7 nitrogen and oxygen atoms in total. The molecule has 0 saturated carbocycles. The SMILES string of the molecule is CCOC(=O)CCCCCCOc1cccc2c1CN(c1ccc(C(N)=O)cc1)C2=O. The van der Waals surface area contributed by atoms with Gasteiger partial charge < -0.3 is 20.1 Å². The number of nitrogens with two attached hydrogens (primary N) is 1. The largest absolute Gasteiger partial charge is 0.493 e. The van der Waals surface area contributed by atoms with Crippen molar-refractivity contribution in [2.75, 3.05) is 18.1 Å². The zero-order valence-corrected chi connectivity index (χ0v) is 17.8. The van der Waals surface area contributed by atoms with Gasteiger partial charge in [-0.2, -0.15) is 0 Å². The average molecular weight is 424 g/mol. The van der Waals surface area contributed by atoms with E-state index in [-0.39, 0.29) is 11.9 Å². The molecule has 0 radical (unpaired) electrons. The number of amides is 2. The Bertz CT molecular complexity index is 939. The molecular formula is C24H28N2O5. The lowest BCUT2D eigenvalue weighted by molar-refractivity contribution is -0.143. The number of benzene rings is 2. The molecule has 2 aromatic rings. The Hall–Kier alpha value is -3.35. The highest BCUT2D eigenvalue weighted by Gasteiger charge is 2.31. The van der Waals surface area contributed by atoms with Crippen LogP contribution >= 0.6 is 0 Å². The molecule has 1 aliphatic rings. The smallest absolute Gasteiger partial charge is 0.305 e. The lowest BCUT2D eigenvalue weighted by Gasteiger charge is -2.16. The van der Waals surface area contributed by atoms with Crippen LogP contribution in [0.3, 0.4) is 0 Å². The zero-order valence-electron chi connectivity index (χ0n) is 17.8. The fourth-order valence-electron chi connectivity index (χ4n) is 3.59. The average Bonchev–Trinajstić information content (AvgIpc) is 3.10. The van der Waals surface area contributed by atoms with Crippen molar-refractivity contribution in [3.63, 3.8) is 0 Å². The van der Waals surface area contributed by atoms with Crippen molar-refractivity contribution in [3.8, 4) is 5.75 Å². The molecule has 0 atom stereocenters. The van der Waals surface area contributed by atoms with E-state index in [0.29, 0.717) is 48.7 Å². The minimum atomic E-state index is -0.501. The highest BCUT2D eigenvalue weighted by Crippen LogP contribution is 2.34. The predicted molar refractivity (Wildman–Crippen MR) is 117 cm³/mol. The van der Waals surface area contributed by atoms with Crippen LogP contribution in [0.1, 0.15) is 65.3 Å². The Kier molecular flexibility index (Phi) is 7.65. The van der Waals surface area contributed by atoms with E-state index < -0.39 is 5.91 Å². The van der Waals surface area contributed by atoms with Gasteiger partial charge in [0.2, 0.25) is 5.91 Å². The highest BCUT2D eigenvalue weighted by molar-refractivity contribution is 6.10. The maximum absolute atomic E-state index is 12.9. The van der Waals surface area contributed by atoms with Crippen LogP contribution in [0, 0.1) is 0 Å². The second kappa shape index (κ2) is 10.6. The number of nitrogens with zero attached hydrogens (tertiary/aromatic N) is 1. The first kappa shape index (κ1) is 22.3. The standard InChI is InChI=1S/C24H28N2O5/c1-2-30-22(27)10-5-3-4-6-15-31-21-9-7-8-19-20(21)16-26(24(19)29)18-13-11-17(12-14-18)23(25)28/h7-9,11-14H,2-6,10,15-16H2,1H3,(H2,25,28). The molecule has 0 bridgehead atoms. The van der Waals surface area contributed by atoms with Crippen LogP contribution in [0.15, 0.2) is 42.5 Å². The number of fused-ring (bicyclic) bond motifs is 1. The van der Waals surface area contributed by atoms with E-state index >= 15 is 0 Å². The van der Waals surface area contributed by atoms with E-state index in [4.69, 9.17) is 15.2 Å². The van der Waals surface area contributed by atoms with Gasteiger partial charge in [0.15, 0.2) is 0 Å². The van der Waals surface area contributed by atoms with Crippen LogP contribution in [0.25, 0.3) is 0 Å². The van der Waals surface area contributed by atoms with Crippen molar-refractivity contribution in [1.82, 2.24) is 0 Å². The molecule has 0 spiro atoms. The number of rotatable bonds is 11. The molecule has 1 aliphatic heterocycles. The number of hydrogen-bond donors (Lipinski definition) is 1. The monoisotopic (exact) mass is 424 g/mol. The Labute approximate surface area is 182 Å². The summed E-state index contributed by atoms with van der Waals surface area (Å²) in [6.45, 7) is 3.20. The minimum absolute atomic E-state index is 0.0914. The molecule has 2 N–H and O–H groups in total. The summed E-state index contributed by atoms with van der Waals surface area (Å²) in [4.78, 5) is 37.1. The summed E-state index contributed by atoms with van der Waals surface area (Å²) in [5.41, 5.74) is 7.90. The van der Waals surface area contributed by atoms with Gasteiger partial charge in [-0.25, -0.2) is 0 Å². The number of unbranched alkanes of at least 4 members (excludes halogenated alkanes) is 3. The predicted octanol–water partition coefficient (Wildman–Crippen LogP) is 3.84. The summed E-state index contributed by atoms with van der Waals surface area (Å²) < 4.78 is 10.9. The summed E-state index contributed by atoms with van der Waals surface area (Å²) in [6.07, 6.45) is 4.06. The second-order valence-corrected chi connectivity index (χ2v) is 7.40. The first-order chi connectivity index (χ1) is 15.0. The van der Waals surface area contributed by atoms with E-state index in [9.17, 15) is 14.4 Å². The Balaban J connectivity index is 1.52. The molecule has 0 unspecified atom stereocenters. The maximum Gasteiger partial charge on any atom is 0.305 e. The van der Waals surface area contributed by atoms with E-state index in [1.807, 2.05) is 19.1 Å². The lowest BCUT2D eigenvalue weighted by Crippen LogP contribution is -2.23. The number of carbonyl (C=O) groups excluding carboxylic acids is 3. The van der Waals surface area contributed by atoms with Crippen LogP contribution in [-0.4, -0.2) is 31.0 Å². The number of esters is 1. The van der Waals surface area contributed by atoms with Crippen LogP contribution in [-0.2, 0) is 16.1 Å². The third-order valence-electron chi connectivity index (χ3n) is 5.23. The number of hydrogen-bond acceptors (Lipinski definition) is 5.